The first-order valence-corrected chi connectivity index (χ1v) is 7.38. The molecule has 0 fully saturated rings. The Labute approximate surface area is 134 Å². The first-order valence-electron chi connectivity index (χ1n) is 7.38. The zero-order valence-electron chi connectivity index (χ0n) is 13.1. The van der Waals surface area contributed by atoms with Gasteiger partial charge in [-0.15, -0.1) is 5.10 Å². The smallest absolute Gasteiger partial charge is 0.233 e. The number of hydrogen-bond donors (Lipinski definition) is 1. The lowest BCUT2D eigenvalue weighted by atomic mass is 10.1. The predicted molar refractivity (Wildman–Crippen MR) is 88.4 cm³/mol. The minimum Gasteiger partial charge on any atom is -0.508 e. The van der Waals surface area contributed by atoms with Crippen molar-refractivity contribution >= 4 is 0 Å². The van der Waals surface area contributed by atoms with Crippen molar-refractivity contribution in [2.75, 3.05) is 13.7 Å². The Bertz CT molecular complexity index is 777. The van der Waals surface area contributed by atoms with Gasteiger partial charge in [-0.3, -0.25) is 0 Å². The maximum Gasteiger partial charge on any atom is 0.233 e. The molecule has 3 rings (SSSR count). The van der Waals surface area contributed by atoms with Crippen LogP contribution < -0.4 is 9.47 Å². The Morgan fingerprint density at radius 1 is 1.04 bits per heavy atom. The highest BCUT2D eigenvalue weighted by Crippen LogP contribution is 2.28. The maximum absolute atomic E-state index is 9.48. The monoisotopic (exact) mass is 310 g/mol. The van der Waals surface area contributed by atoms with Crippen molar-refractivity contribution in [1.82, 2.24) is 9.78 Å². The van der Waals surface area contributed by atoms with Crippen LogP contribution >= 0.6 is 0 Å². The summed E-state index contributed by atoms with van der Waals surface area (Å²) in [6.07, 6.45) is 0. The molecule has 0 amide bonds. The number of benzene rings is 2. The molecule has 0 atom stereocenters. The van der Waals surface area contributed by atoms with Crippen molar-refractivity contribution in [1.29, 1.82) is 0 Å². The van der Waals surface area contributed by atoms with Gasteiger partial charge in [-0.1, -0.05) is 0 Å². The summed E-state index contributed by atoms with van der Waals surface area (Å²) in [6, 6.07) is 16.5. The first kappa shape index (κ1) is 15.0. The third-order valence-corrected chi connectivity index (χ3v) is 3.46. The highest BCUT2D eigenvalue weighted by Gasteiger charge is 2.12. The molecule has 0 bridgehead atoms. The molecule has 1 aromatic heterocycles. The average molecular weight is 310 g/mol. The quantitative estimate of drug-likeness (QED) is 0.781. The number of methoxy groups -OCH3 is 1. The molecule has 0 spiro atoms. The standard InChI is InChI=1S/C18H18N2O3/c1-3-23-18-12-17(13-4-8-15(21)9-5-13)20(19-18)14-6-10-16(22-2)11-7-14/h4-12,21H,3H2,1-2H3. The zero-order chi connectivity index (χ0) is 16.2. The summed E-state index contributed by atoms with van der Waals surface area (Å²) < 4.78 is 12.5. The number of phenols is 1. The van der Waals surface area contributed by atoms with Gasteiger partial charge in [0.05, 0.1) is 25.1 Å². The Kier molecular flexibility index (Phi) is 4.19. The fraction of sp³-hybridized carbons (Fsp3) is 0.167. The molecule has 0 aliphatic rings. The van der Waals surface area contributed by atoms with E-state index in [9.17, 15) is 5.11 Å². The van der Waals surface area contributed by atoms with Crippen LogP contribution in [0.2, 0.25) is 0 Å². The number of nitrogens with zero attached hydrogens (tertiary/aromatic N) is 2. The van der Waals surface area contributed by atoms with E-state index in [-0.39, 0.29) is 5.75 Å². The Morgan fingerprint density at radius 2 is 1.74 bits per heavy atom. The van der Waals surface area contributed by atoms with E-state index in [2.05, 4.69) is 5.10 Å². The summed E-state index contributed by atoms with van der Waals surface area (Å²) in [7, 11) is 1.64. The summed E-state index contributed by atoms with van der Waals surface area (Å²) in [4.78, 5) is 0. The normalized spacial score (nSPS) is 10.5. The molecule has 23 heavy (non-hydrogen) atoms. The van der Waals surface area contributed by atoms with Gasteiger partial charge in [-0.2, -0.15) is 0 Å². The summed E-state index contributed by atoms with van der Waals surface area (Å²) in [5, 5.41) is 14.0. The van der Waals surface area contributed by atoms with Crippen molar-refractivity contribution in [2.24, 2.45) is 0 Å². The Balaban J connectivity index is 2.08. The van der Waals surface area contributed by atoms with Crippen molar-refractivity contribution in [2.45, 2.75) is 6.92 Å². The minimum atomic E-state index is 0.231. The van der Waals surface area contributed by atoms with Gasteiger partial charge in [-0.25, -0.2) is 4.68 Å². The molecule has 0 saturated carbocycles. The minimum absolute atomic E-state index is 0.231. The van der Waals surface area contributed by atoms with Crippen LogP contribution in [0.1, 0.15) is 6.92 Å². The molecule has 3 aromatic rings. The first-order chi connectivity index (χ1) is 11.2. The lowest BCUT2D eigenvalue weighted by Crippen LogP contribution is -2.00. The van der Waals surface area contributed by atoms with Crippen molar-refractivity contribution in [3.63, 3.8) is 0 Å². The summed E-state index contributed by atoms with van der Waals surface area (Å²) >= 11 is 0. The molecule has 5 nitrogen and oxygen atoms in total. The molecule has 0 aliphatic heterocycles. The average Bonchev–Trinajstić information content (AvgIpc) is 3.00. The fourth-order valence-corrected chi connectivity index (χ4v) is 2.34. The van der Waals surface area contributed by atoms with E-state index in [1.807, 2.05) is 54.1 Å². The van der Waals surface area contributed by atoms with Gasteiger partial charge in [0, 0.05) is 11.6 Å². The molecular weight excluding hydrogens is 292 g/mol. The van der Waals surface area contributed by atoms with Crippen LogP contribution in [0.25, 0.3) is 16.9 Å². The lowest BCUT2D eigenvalue weighted by molar-refractivity contribution is 0.324. The van der Waals surface area contributed by atoms with Crippen LogP contribution in [0, 0.1) is 0 Å². The maximum atomic E-state index is 9.48. The fourth-order valence-electron chi connectivity index (χ4n) is 2.34. The van der Waals surface area contributed by atoms with Gasteiger partial charge in [0.1, 0.15) is 11.5 Å². The second-order valence-electron chi connectivity index (χ2n) is 4.96. The Hall–Kier alpha value is -2.95. The molecular formula is C18H18N2O3. The van der Waals surface area contributed by atoms with Crippen LogP contribution in [0.3, 0.4) is 0 Å². The largest absolute Gasteiger partial charge is 0.508 e. The SMILES string of the molecule is CCOc1cc(-c2ccc(O)cc2)n(-c2ccc(OC)cc2)n1. The molecule has 0 saturated heterocycles. The zero-order valence-corrected chi connectivity index (χ0v) is 13.1. The number of phenolic OH excluding ortho intramolecular Hbond substituents is 1. The third kappa shape index (κ3) is 3.13. The van der Waals surface area contributed by atoms with E-state index in [1.165, 1.54) is 0 Å². The van der Waals surface area contributed by atoms with E-state index in [1.54, 1.807) is 19.2 Å². The highest BCUT2D eigenvalue weighted by atomic mass is 16.5. The van der Waals surface area contributed by atoms with E-state index >= 15 is 0 Å². The van der Waals surface area contributed by atoms with Gasteiger partial charge in [-0.05, 0) is 55.5 Å². The van der Waals surface area contributed by atoms with E-state index < -0.39 is 0 Å². The van der Waals surface area contributed by atoms with Gasteiger partial charge in [0.25, 0.3) is 0 Å². The van der Waals surface area contributed by atoms with Gasteiger partial charge in [0.2, 0.25) is 5.88 Å². The number of aromatic nitrogens is 2. The van der Waals surface area contributed by atoms with Gasteiger partial charge < -0.3 is 14.6 Å². The number of rotatable bonds is 5. The summed E-state index contributed by atoms with van der Waals surface area (Å²) in [6.45, 7) is 2.47. The van der Waals surface area contributed by atoms with Crippen LogP contribution in [-0.4, -0.2) is 28.6 Å². The van der Waals surface area contributed by atoms with Crippen molar-refractivity contribution in [3.8, 4) is 34.3 Å². The van der Waals surface area contributed by atoms with Crippen LogP contribution in [-0.2, 0) is 0 Å². The van der Waals surface area contributed by atoms with Crippen LogP contribution in [0.5, 0.6) is 17.4 Å². The second kappa shape index (κ2) is 6.44. The molecule has 5 heteroatoms. The number of hydrogen-bond acceptors (Lipinski definition) is 4. The van der Waals surface area contributed by atoms with E-state index in [4.69, 9.17) is 9.47 Å². The topological polar surface area (TPSA) is 56.5 Å². The molecule has 0 aliphatic carbocycles. The van der Waals surface area contributed by atoms with Crippen molar-refractivity contribution in [3.05, 3.63) is 54.6 Å². The molecule has 1 heterocycles. The number of aromatic hydroxyl groups is 1. The molecule has 118 valence electrons. The highest BCUT2D eigenvalue weighted by molar-refractivity contribution is 5.64. The molecule has 2 aromatic carbocycles. The second-order valence-corrected chi connectivity index (χ2v) is 4.96. The molecule has 0 unspecified atom stereocenters. The summed E-state index contributed by atoms with van der Waals surface area (Å²) in [5.41, 5.74) is 2.73. The lowest BCUT2D eigenvalue weighted by Gasteiger charge is -2.08. The van der Waals surface area contributed by atoms with Gasteiger partial charge >= 0.3 is 0 Å². The predicted octanol–water partition coefficient (Wildman–Crippen LogP) is 3.65. The van der Waals surface area contributed by atoms with Crippen LogP contribution in [0.15, 0.2) is 54.6 Å². The van der Waals surface area contributed by atoms with E-state index in [0.29, 0.717) is 12.5 Å². The third-order valence-electron chi connectivity index (χ3n) is 3.46. The van der Waals surface area contributed by atoms with E-state index in [0.717, 1.165) is 22.7 Å². The Morgan fingerprint density at radius 3 is 2.35 bits per heavy atom. The molecule has 0 radical (unpaired) electrons. The van der Waals surface area contributed by atoms with Gasteiger partial charge in [0.15, 0.2) is 0 Å². The molecule has 1 N–H and O–H groups in total. The van der Waals surface area contributed by atoms with Crippen molar-refractivity contribution < 1.29 is 14.6 Å². The number of ether oxygens (including phenoxy) is 2. The summed E-state index contributed by atoms with van der Waals surface area (Å²) in [5.74, 6) is 1.58. The van der Waals surface area contributed by atoms with Crippen LogP contribution in [0.4, 0.5) is 0 Å².